The number of ether oxygens (including phenoxy) is 1. The van der Waals surface area contributed by atoms with E-state index in [9.17, 15) is 32.3 Å². The minimum Gasteiger partial charge on any atom is -0.490 e. The maximum absolute atomic E-state index is 13.5. The minimum absolute atomic E-state index is 0.0964. The van der Waals surface area contributed by atoms with Gasteiger partial charge in [-0.25, -0.2) is 0 Å². The highest BCUT2D eigenvalue weighted by Crippen LogP contribution is 2.42. The molecule has 1 N–H and O–H groups in total. The number of halogens is 3. The van der Waals surface area contributed by atoms with Crippen LogP contribution in [0.1, 0.15) is 58.4 Å². The second-order valence-electron chi connectivity index (χ2n) is 6.98. The highest BCUT2D eigenvalue weighted by Gasteiger charge is 2.50. The summed E-state index contributed by atoms with van der Waals surface area (Å²) in [6, 6.07) is 0.410. The molecule has 1 unspecified atom stereocenters. The van der Waals surface area contributed by atoms with Crippen molar-refractivity contribution in [3.05, 3.63) is 28.8 Å². The SMILES string of the molecule is O=C1CCC(N2C(=O)c3c(OC4CCC4)ccc(C(F)(F)F)c3C2=O)C(=O)N1. The molecule has 0 bridgehead atoms. The molecule has 0 aromatic heterocycles. The molecule has 1 saturated heterocycles. The van der Waals surface area contributed by atoms with Crippen molar-refractivity contribution in [1.29, 1.82) is 0 Å². The molecule has 2 heterocycles. The largest absolute Gasteiger partial charge is 0.490 e. The van der Waals surface area contributed by atoms with Crippen molar-refractivity contribution in [2.75, 3.05) is 0 Å². The number of nitrogens with one attached hydrogen (secondary N) is 1. The third-order valence-electron chi connectivity index (χ3n) is 5.21. The van der Waals surface area contributed by atoms with Gasteiger partial charge in [-0.2, -0.15) is 13.2 Å². The number of amides is 4. The van der Waals surface area contributed by atoms with E-state index >= 15 is 0 Å². The maximum atomic E-state index is 13.5. The Morgan fingerprint density at radius 1 is 1.00 bits per heavy atom. The normalized spacial score (nSPS) is 22.8. The Morgan fingerprint density at radius 2 is 1.68 bits per heavy atom. The van der Waals surface area contributed by atoms with Gasteiger partial charge < -0.3 is 4.74 Å². The van der Waals surface area contributed by atoms with Crippen LogP contribution in [-0.2, 0) is 15.8 Å². The summed E-state index contributed by atoms with van der Waals surface area (Å²) in [7, 11) is 0. The van der Waals surface area contributed by atoms with Crippen molar-refractivity contribution in [2.45, 2.75) is 50.4 Å². The number of carbonyl (C=O) groups is 4. The summed E-state index contributed by atoms with van der Waals surface area (Å²) in [5.74, 6) is -3.78. The highest BCUT2D eigenvalue weighted by molar-refractivity contribution is 6.25. The molecule has 7 nitrogen and oxygen atoms in total. The first-order chi connectivity index (χ1) is 13.2. The molecule has 1 atom stereocenters. The fraction of sp³-hybridized carbons (Fsp3) is 0.444. The number of alkyl halides is 3. The van der Waals surface area contributed by atoms with Crippen LogP contribution < -0.4 is 10.1 Å². The Morgan fingerprint density at radius 3 is 2.25 bits per heavy atom. The van der Waals surface area contributed by atoms with Gasteiger partial charge in [0, 0.05) is 6.42 Å². The zero-order valence-electron chi connectivity index (χ0n) is 14.5. The summed E-state index contributed by atoms with van der Waals surface area (Å²) in [4.78, 5) is 49.7. The maximum Gasteiger partial charge on any atom is 0.417 e. The molecule has 1 aliphatic carbocycles. The molecule has 1 aromatic carbocycles. The van der Waals surface area contributed by atoms with Crippen molar-refractivity contribution in [1.82, 2.24) is 10.2 Å². The van der Waals surface area contributed by atoms with Gasteiger partial charge in [0.1, 0.15) is 11.8 Å². The second kappa shape index (κ2) is 6.32. The molecule has 2 aliphatic heterocycles. The van der Waals surface area contributed by atoms with Crippen LogP contribution in [0.2, 0.25) is 0 Å². The predicted octanol–water partition coefficient (Wildman–Crippen LogP) is 2.04. The summed E-state index contributed by atoms with van der Waals surface area (Å²) in [5, 5.41) is 2.01. The fourth-order valence-corrected chi connectivity index (χ4v) is 3.57. The van der Waals surface area contributed by atoms with Gasteiger partial charge in [-0.05, 0) is 37.8 Å². The first kappa shape index (κ1) is 18.5. The van der Waals surface area contributed by atoms with Gasteiger partial charge in [0.15, 0.2) is 0 Å². The van der Waals surface area contributed by atoms with Crippen LogP contribution in [0.25, 0.3) is 0 Å². The Bertz CT molecular complexity index is 907. The first-order valence-corrected chi connectivity index (χ1v) is 8.81. The number of nitrogens with zero attached hydrogens (tertiary/aromatic N) is 1. The summed E-state index contributed by atoms with van der Waals surface area (Å²) in [6.07, 6.45) is -3.05. The monoisotopic (exact) mass is 396 g/mol. The van der Waals surface area contributed by atoms with Crippen LogP contribution in [0.3, 0.4) is 0 Å². The van der Waals surface area contributed by atoms with Gasteiger partial charge in [-0.3, -0.25) is 29.4 Å². The molecule has 28 heavy (non-hydrogen) atoms. The lowest BCUT2D eigenvalue weighted by molar-refractivity contribution is -0.138. The number of imide groups is 2. The van der Waals surface area contributed by atoms with Crippen LogP contribution in [0, 0.1) is 0 Å². The van der Waals surface area contributed by atoms with Crippen molar-refractivity contribution in [3.8, 4) is 5.75 Å². The number of piperidine rings is 1. The van der Waals surface area contributed by atoms with E-state index in [4.69, 9.17) is 4.74 Å². The van der Waals surface area contributed by atoms with Crippen molar-refractivity contribution in [2.24, 2.45) is 0 Å². The number of hydrogen-bond acceptors (Lipinski definition) is 5. The Hall–Kier alpha value is -2.91. The standard InChI is InChI=1S/C18H15F3N2O5/c19-18(20,21)9-4-6-11(28-8-2-1-3-8)14-13(9)16(26)23(17(14)27)10-5-7-12(24)22-15(10)25/h4,6,8,10H,1-3,5,7H2,(H,22,24,25). The van der Waals surface area contributed by atoms with Crippen molar-refractivity contribution < 1.29 is 37.1 Å². The number of fused-ring (bicyclic) bond motifs is 1. The van der Waals surface area contributed by atoms with E-state index in [0.29, 0.717) is 23.8 Å². The second-order valence-corrected chi connectivity index (χ2v) is 6.98. The van der Waals surface area contributed by atoms with Crippen molar-refractivity contribution >= 4 is 23.6 Å². The van der Waals surface area contributed by atoms with Crippen molar-refractivity contribution in [3.63, 3.8) is 0 Å². The minimum atomic E-state index is -4.87. The third-order valence-corrected chi connectivity index (χ3v) is 5.21. The van der Waals surface area contributed by atoms with E-state index < -0.39 is 52.5 Å². The molecule has 10 heteroatoms. The van der Waals surface area contributed by atoms with Gasteiger partial charge in [-0.15, -0.1) is 0 Å². The quantitative estimate of drug-likeness (QED) is 0.790. The number of carbonyl (C=O) groups excluding carboxylic acids is 4. The Kier molecular flexibility index (Phi) is 4.16. The van der Waals surface area contributed by atoms with Crippen LogP contribution in [0.5, 0.6) is 5.75 Å². The molecule has 2 fully saturated rings. The molecule has 0 radical (unpaired) electrons. The molecule has 0 spiro atoms. The summed E-state index contributed by atoms with van der Waals surface area (Å²) >= 11 is 0. The van der Waals surface area contributed by atoms with E-state index in [1.165, 1.54) is 0 Å². The summed E-state index contributed by atoms with van der Waals surface area (Å²) in [5.41, 5.74) is -2.54. The van der Waals surface area contributed by atoms with Gasteiger partial charge >= 0.3 is 6.18 Å². The summed E-state index contributed by atoms with van der Waals surface area (Å²) < 4.78 is 46.0. The van der Waals surface area contributed by atoms with Gasteiger partial charge in [0.2, 0.25) is 11.8 Å². The Labute approximate surface area is 156 Å². The van der Waals surface area contributed by atoms with E-state index in [1.54, 1.807) is 0 Å². The topological polar surface area (TPSA) is 92.8 Å². The molecule has 3 aliphatic rings. The zero-order chi connectivity index (χ0) is 20.2. The lowest BCUT2D eigenvalue weighted by atomic mass is 9.95. The van der Waals surface area contributed by atoms with E-state index in [1.807, 2.05) is 5.32 Å². The van der Waals surface area contributed by atoms with Crippen LogP contribution in [0.4, 0.5) is 13.2 Å². The lowest BCUT2D eigenvalue weighted by Crippen LogP contribution is -2.54. The average Bonchev–Trinajstić information content (AvgIpc) is 2.82. The van der Waals surface area contributed by atoms with Crippen LogP contribution >= 0.6 is 0 Å². The highest BCUT2D eigenvalue weighted by atomic mass is 19.4. The lowest BCUT2D eigenvalue weighted by Gasteiger charge is -2.28. The smallest absolute Gasteiger partial charge is 0.417 e. The van der Waals surface area contributed by atoms with E-state index in [0.717, 1.165) is 12.5 Å². The first-order valence-electron chi connectivity index (χ1n) is 8.81. The fourth-order valence-electron chi connectivity index (χ4n) is 3.57. The molecular weight excluding hydrogens is 381 g/mol. The van der Waals surface area contributed by atoms with Crippen LogP contribution in [-0.4, -0.2) is 40.7 Å². The average molecular weight is 396 g/mol. The van der Waals surface area contributed by atoms with Gasteiger partial charge in [-0.1, -0.05) is 0 Å². The Balaban J connectivity index is 1.79. The molecule has 4 amide bonds. The molecule has 148 valence electrons. The predicted molar refractivity (Wildman–Crippen MR) is 86.4 cm³/mol. The van der Waals surface area contributed by atoms with E-state index in [2.05, 4.69) is 0 Å². The van der Waals surface area contributed by atoms with Gasteiger partial charge in [0.05, 0.1) is 22.8 Å². The van der Waals surface area contributed by atoms with Crippen LogP contribution in [0.15, 0.2) is 12.1 Å². The van der Waals surface area contributed by atoms with E-state index in [-0.39, 0.29) is 24.7 Å². The number of hydrogen-bond donors (Lipinski definition) is 1. The van der Waals surface area contributed by atoms with Gasteiger partial charge in [0.25, 0.3) is 11.8 Å². The molecular formula is C18H15F3N2O5. The zero-order valence-corrected chi connectivity index (χ0v) is 14.5. The molecule has 4 rings (SSSR count). The number of rotatable bonds is 3. The molecule has 1 aromatic rings. The molecule has 1 saturated carbocycles. The summed E-state index contributed by atoms with van der Waals surface area (Å²) in [6.45, 7) is 0. The third kappa shape index (κ3) is 2.83. The number of benzene rings is 1.